The molecule has 21 heavy (non-hydrogen) atoms. The van der Waals surface area contributed by atoms with Crippen LogP contribution >= 0.6 is 0 Å². The fourth-order valence-electron chi connectivity index (χ4n) is 2.76. The first kappa shape index (κ1) is 16.0. The number of methoxy groups -OCH3 is 1. The molecule has 1 unspecified atom stereocenters. The molecule has 1 heterocycles. The maximum absolute atomic E-state index is 5.30. The van der Waals surface area contributed by atoms with Gasteiger partial charge in [0.1, 0.15) is 17.5 Å². The number of ether oxygens (including phenoxy) is 1. The van der Waals surface area contributed by atoms with Gasteiger partial charge in [-0.05, 0) is 32.6 Å². The van der Waals surface area contributed by atoms with E-state index < -0.39 is 0 Å². The van der Waals surface area contributed by atoms with Gasteiger partial charge in [-0.2, -0.15) is 0 Å². The molecule has 5 heteroatoms. The first-order chi connectivity index (χ1) is 10.1. The van der Waals surface area contributed by atoms with Gasteiger partial charge in [-0.3, -0.25) is 0 Å². The normalized spacial score (nSPS) is 15.9. The smallest absolute Gasteiger partial charge is 0.137 e. The van der Waals surface area contributed by atoms with E-state index in [1.165, 1.54) is 12.8 Å². The third-order valence-corrected chi connectivity index (χ3v) is 4.32. The predicted octanol–water partition coefficient (Wildman–Crippen LogP) is 2.64. The zero-order valence-electron chi connectivity index (χ0n) is 13.9. The van der Waals surface area contributed by atoms with Gasteiger partial charge in [0.2, 0.25) is 0 Å². The van der Waals surface area contributed by atoms with Gasteiger partial charge < -0.3 is 15.0 Å². The molecule has 1 aliphatic carbocycles. The third kappa shape index (κ3) is 3.64. The SMILES string of the molecule is CCc1nc(NC)c(C)c(N(CCOC)C(C)C2CC2)n1. The average molecular weight is 292 g/mol. The molecule has 0 spiro atoms. The Labute approximate surface area is 128 Å². The van der Waals surface area contributed by atoms with Crippen LogP contribution in [0.15, 0.2) is 0 Å². The molecule has 1 fully saturated rings. The van der Waals surface area contributed by atoms with Crippen molar-refractivity contribution in [1.82, 2.24) is 9.97 Å². The zero-order chi connectivity index (χ0) is 15.4. The van der Waals surface area contributed by atoms with Crippen molar-refractivity contribution < 1.29 is 4.74 Å². The molecule has 118 valence electrons. The summed E-state index contributed by atoms with van der Waals surface area (Å²) >= 11 is 0. The molecule has 1 aromatic rings. The Balaban J connectivity index is 2.36. The first-order valence-electron chi connectivity index (χ1n) is 7.93. The van der Waals surface area contributed by atoms with Crippen LogP contribution in [0.3, 0.4) is 0 Å². The maximum Gasteiger partial charge on any atom is 0.137 e. The van der Waals surface area contributed by atoms with Gasteiger partial charge in [0, 0.05) is 38.7 Å². The molecule has 1 saturated carbocycles. The molecule has 0 saturated heterocycles. The molecular formula is C16H28N4O. The minimum Gasteiger partial charge on any atom is -0.383 e. The van der Waals surface area contributed by atoms with E-state index in [0.29, 0.717) is 6.04 Å². The van der Waals surface area contributed by atoms with E-state index in [9.17, 15) is 0 Å². The van der Waals surface area contributed by atoms with E-state index in [2.05, 4.69) is 36.0 Å². The Hall–Kier alpha value is -1.36. The van der Waals surface area contributed by atoms with Gasteiger partial charge >= 0.3 is 0 Å². The van der Waals surface area contributed by atoms with Crippen molar-refractivity contribution in [2.45, 2.75) is 46.1 Å². The zero-order valence-corrected chi connectivity index (χ0v) is 13.9. The second-order valence-corrected chi connectivity index (χ2v) is 5.80. The van der Waals surface area contributed by atoms with Gasteiger partial charge in [0.05, 0.1) is 6.61 Å². The van der Waals surface area contributed by atoms with Gasteiger partial charge in [0.25, 0.3) is 0 Å². The predicted molar refractivity (Wildman–Crippen MR) is 87.1 cm³/mol. The number of hydrogen-bond donors (Lipinski definition) is 1. The van der Waals surface area contributed by atoms with Crippen LogP contribution in [0.1, 0.15) is 38.1 Å². The number of nitrogens with one attached hydrogen (secondary N) is 1. The monoisotopic (exact) mass is 292 g/mol. The van der Waals surface area contributed by atoms with Crippen molar-refractivity contribution in [3.8, 4) is 0 Å². The fraction of sp³-hybridized carbons (Fsp3) is 0.750. The van der Waals surface area contributed by atoms with Crippen molar-refractivity contribution in [2.24, 2.45) is 5.92 Å². The Morgan fingerprint density at radius 3 is 2.62 bits per heavy atom. The number of aromatic nitrogens is 2. The molecule has 0 aromatic carbocycles. The van der Waals surface area contributed by atoms with Gasteiger partial charge in [-0.25, -0.2) is 9.97 Å². The van der Waals surface area contributed by atoms with E-state index in [4.69, 9.17) is 9.72 Å². The summed E-state index contributed by atoms with van der Waals surface area (Å²) in [6.07, 6.45) is 3.50. The van der Waals surface area contributed by atoms with Crippen LogP contribution in [-0.2, 0) is 11.2 Å². The number of hydrogen-bond acceptors (Lipinski definition) is 5. The lowest BCUT2D eigenvalue weighted by atomic mass is 10.1. The molecule has 1 atom stereocenters. The Morgan fingerprint density at radius 2 is 2.10 bits per heavy atom. The quantitative estimate of drug-likeness (QED) is 0.798. The molecular weight excluding hydrogens is 264 g/mol. The molecule has 0 bridgehead atoms. The van der Waals surface area contributed by atoms with Gasteiger partial charge in [0.15, 0.2) is 0 Å². The Kier molecular flexibility index (Phi) is 5.39. The molecule has 2 rings (SSSR count). The topological polar surface area (TPSA) is 50.3 Å². The largest absolute Gasteiger partial charge is 0.383 e. The minimum atomic E-state index is 0.503. The molecule has 1 aliphatic rings. The fourth-order valence-corrected chi connectivity index (χ4v) is 2.76. The van der Waals surface area contributed by atoms with E-state index in [1.54, 1.807) is 7.11 Å². The highest BCUT2D eigenvalue weighted by molar-refractivity contribution is 5.59. The van der Waals surface area contributed by atoms with Crippen molar-refractivity contribution in [3.05, 3.63) is 11.4 Å². The Morgan fingerprint density at radius 1 is 1.38 bits per heavy atom. The van der Waals surface area contributed by atoms with Gasteiger partial charge in [-0.1, -0.05) is 6.92 Å². The van der Waals surface area contributed by atoms with E-state index in [0.717, 1.165) is 48.5 Å². The summed E-state index contributed by atoms with van der Waals surface area (Å²) in [5.41, 5.74) is 1.12. The second-order valence-electron chi connectivity index (χ2n) is 5.80. The summed E-state index contributed by atoms with van der Waals surface area (Å²) < 4.78 is 5.30. The molecule has 1 aromatic heterocycles. The van der Waals surface area contributed by atoms with Crippen LogP contribution in [0.5, 0.6) is 0 Å². The third-order valence-electron chi connectivity index (χ3n) is 4.32. The van der Waals surface area contributed by atoms with Crippen LogP contribution in [0, 0.1) is 12.8 Å². The maximum atomic E-state index is 5.30. The van der Waals surface area contributed by atoms with Crippen LogP contribution in [0.4, 0.5) is 11.6 Å². The second kappa shape index (κ2) is 7.07. The summed E-state index contributed by atoms with van der Waals surface area (Å²) in [7, 11) is 3.67. The minimum absolute atomic E-state index is 0.503. The lowest BCUT2D eigenvalue weighted by molar-refractivity contribution is 0.202. The Bertz CT molecular complexity index is 474. The molecule has 1 N–H and O–H groups in total. The van der Waals surface area contributed by atoms with Crippen molar-refractivity contribution in [3.63, 3.8) is 0 Å². The van der Waals surface area contributed by atoms with Crippen LogP contribution in [0.2, 0.25) is 0 Å². The summed E-state index contributed by atoms with van der Waals surface area (Å²) in [6.45, 7) is 8.09. The van der Waals surface area contributed by atoms with Crippen LogP contribution in [0.25, 0.3) is 0 Å². The summed E-state index contributed by atoms with van der Waals surface area (Å²) in [6, 6.07) is 0.503. The number of rotatable bonds is 8. The van der Waals surface area contributed by atoms with Crippen LogP contribution in [-0.4, -0.2) is 43.3 Å². The average Bonchev–Trinajstić information content (AvgIpc) is 3.33. The highest BCUT2D eigenvalue weighted by Gasteiger charge is 2.33. The van der Waals surface area contributed by atoms with Crippen molar-refractivity contribution in [2.75, 3.05) is 37.5 Å². The molecule has 5 nitrogen and oxygen atoms in total. The van der Waals surface area contributed by atoms with Crippen molar-refractivity contribution in [1.29, 1.82) is 0 Å². The standard InChI is InChI=1S/C16H28N4O/c1-6-14-18-15(17-4)11(2)16(19-14)20(9-10-21-5)12(3)13-7-8-13/h12-13H,6-10H2,1-5H3,(H,17,18,19). The molecule has 0 radical (unpaired) electrons. The highest BCUT2D eigenvalue weighted by atomic mass is 16.5. The van der Waals surface area contributed by atoms with E-state index in [-0.39, 0.29) is 0 Å². The van der Waals surface area contributed by atoms with Gasteiger partial charge in [-0.15, -0.1) is 0 Å². The summed E-state index contributed by atoms with van der Waals surface area (Å²) in [4.78, 5) is 11.8. The highest BCUT2D eigenvalue weighted by Crippen LogP contribution is 2.37. The number of anilines is 2. The first-order valence-corrected chi connectivity index (χ1v) is 7.93. The van der Waals surface area contributed by atoms with E-state index >= 15 is 0 Å². The van der Waals surface area contributed by atoms with E-state index in [1.807, 2.05) is 7.05 Å². The number of nitrogens with zero attached hydrogens (tertiary/aromatic N) is 3. The van der Waals surface area contributed by atoms with Crippen molar-refractivity contribution >= 4 is 11.6 Å². The summed E-state index contributed by atoms with van der Waals surface area (Å²) in [5.74, 6) is 3.68. The molecule has 0 amide bonds. The number of aryl methyl sites for hydroxylation is 1. The summed E-state index contributed by atoms with van der Waals surface area (Å²) in [5, 5.41) is 3.20. The van der Waals surface area contributed by atoms with Crippen LogP contribution < -0.4 is 10.2 Å². The molecule has 0 aliphatic heterocycles. The lowest BCUT2D eigenvalue weighted by Gasteiger charge is -2.32. The lowest BCUT2D eigenvalue weighted by Crippen LogP contribution is -2.38.